The van der Waals surface area contributed by atoms with Crippen LogP contribution in [0, 0.1) is 11.8 Å². The van der Waals surface area contributed by atoms with Gasteiger partial charge in [0.2, 0.25) is 0 Å². The first kappa shape index (κ1) is 14.0. The van der Waals surface area contributed by atoms with Crippen molar-refractivity contribution in [1.29, 1.82) is 0 Å². The van der Waals surface area contributed by atoms with Crippen LogP contribution in [0.1, 0.15) is 25.7 Å². The van der Waals surface area contributed by atoms with Crippen LogP contribution in [0.25, 0.3) is 11.4 Å². The van der Waals surface area contributed by atoms with Gasteiger partial charge in [-0.05, 0) is 48.9 Å². The lowest BCUT2D eigenvalue weighted by Crippen LogP contribution is -2.19. The molecule has 4 rings (SSSR count). The van der Waals surface area contributed by atoms with Gasteiger partial charge in [-0.1, -0.05) is 24.4 Å². The average molecular weight is 314 g/mol. The molecular weight excluding hydrogens is 294 g/mol. The lowest BCUT2D eigenvalue weighted by atomic mass is 9.82. The zero-order valence-corrected chi connectivity index (χ0v) is 13.3. The van der Waals surface area contributed by atoms with Crippen LogP contribution >= 0.6 is 11.6 Å². The Kier molecular flexibility index (Phi) is 3.75. The molecule has 3 heterocycles. The Morgan fingerprint density at radius 2 is 1.55 bits per heavy atom. The van der Waals surface area contributed by atoms with Crippen LogP contribution in [0.5, 0.6) is 0 Å². The molecule has 2 aromatic heterocycles. The second-order valence-corrected chi connectivity index (χ2v) is 6.90. The summed E-state index contributed by atoms with van der Waals surface area (Å²) < 4.78 is 0. The molecule has 1 saturated heterocycles. The number of pyridine rings is 2. The van der Waals surface area contributed by atoms with E-state index in [2.05, 4.69) is 27.0 Å². The van der Waals surface area contributed by atoms with E-state index in [9.17, 15) is 0 Å². The molecule has 3 nitrogen and oxygen atoms in total. The van der Waals surface area contributed by atoms with Gasteiger partial charge < -0.3 is 4.90 Å². The van der Waals surface area contributed by atoms with E-state index < -0.39 is 0 Å². The Morgan fingerprint density at radius 3 is 2.23 bits per heavy atom. The SMILES string of the molecule is Clc1ccnc(-c2cc(N3CC4CCCCC4C3)ccn2)c1. The minimum atomic E-state index is 0.699. The summed E-state index contributed by atoms with van der Waals surface area (Å²) in [5.74, 6) is 1.77. The topological polar surface area (TPSA) is 29.0 Å². The Bertz CT molecular complexity index is 659. The molecule has 114 valence electrons. The standard InChI is InChI=1S/C18H20ClN3/c19-15-5-7-20-17(9-15)18-10-16(6-8-21-18)22-11-13-3-1-2-4-14(13)12-22/h5-10,13-14H,1-4,11-12H2. The van der Waals surface area contributed by atoms with E-state index >= 15 is 0 Å². The molecule has 1 aliphatic heterocycles. The number of hydrogen-bond donors (Lipinski definition) is 0. The fourth-order valence-corrected chi connectivity index (χ4v) is 4.08. The number of hydrogen-bond acceptors (Lipinski definition) is 3. The minimum absolute atomic E-state index is 0.699. The van der Waals surface area contributed by atoms with E-state index in [1.54, 1.807) is 12.3 Å². The summed E-state index contributed by atoms with van der Waals surface area (Å²) in [6.07, 6.45) is 9.22. The molecule has 2 atom stereocenters. The largest absolute Gasteiger partial charge is 0.371 e. The number of rotatable bonds is 2. The van der Waals surface area contributed by atoms with Gasteiger partial charge in [-0.3, -0.25) is 9.97 Å². The molecular formula is C18H20ClN3. The quantitative estimate of drug-likeness (QED) is 0.821. The van der Waals surface area contributed by atoms with Crippen LogP contribution in [-0.2, 0) is 0 Å². The van der Waals surface area contributed by atoms with E-state index in [4.69, 9.17) is 11.6 Å². The highest BCUT2D eigenvalue weighted by Crippen LogP contribution is 2.38. The third-order valence-electron chi connectivity index (χ3n) is 5.07. The molecule has 2 aliphatic rings. The molecule has 1 aliphatic carbocycles. The van der Waals surface area contributed by atoms with Gasteiger partial charge in [-0.2, -0.15) is 0 Å². The molecule has 0 amide bonds. The van der Waals surface area contributed by atoms with E-state index in [1.807, 2.05) is 12.3 Å². The van der Waals surface area contributed by atoms with Crippen LogP contribution in [0.15, 0.2) is 36.7 Å². The van der Waals surface area contributed by atoms with Crippen molar-refractivity contribution in [3.8, 4) is 11.4 Å². The van der Waals surface area contributed by atoms with Gasteiger partial charge in [0, 0.05) is 36.2 Å². The first-order chi connectivity index (χ1) is 10.8. The third kappa shape index (κ3) is 2.70. The van der Waals surface area contributed by atoms with Gasteiger partial charge in [0.05, 0.1) is 11.4 Å². The second-order valence-electron chi connectivity index (χ2n) is 6.47. The molecule has 0 radical (unpaired) electrons. The van der Waals surface area contributed by atoms with E-state index in [0.717, 1.165) is 23.2 Å². The van der Waals surface area contributed by atoms with Gasteiger partial charge in [-0.25, -0.2) is 0 Å². The third-order valence-corrected chi connectivity index (χ3v) is 5.30. The lowest BCUT2D eigenvalue weighted by molar-refractivity contribution is 0.299. The van der Waals surface area contributed by atoms with Gasteiger partial charge in [0.1, 0.15) is 0 Å². The Labute approximate surface area is 136 Å². The Morgan fingerprint density at radius 1 is 0.909 bits per heavy atom. The summed E-state index contributed by atoms with van der Waals surface area (Å²) in [5, 5.41) is 0.699. The number of anilines is 1. The predicted molar refractivity (Wildman–Crippen MR) is 90.1 cm³/mol. The van der Waals surface area contributed by atoms with Gasteiger partial charge >= 0.3 is 0 Å². The van der Waals surface area contributed by atoms with Crippen molar-refractivity contribution in [3.63, 3.8) is 0 Å². The highest BCUT2D eigenvalue weighted by Gasteiger charge is 2.34. The summed E-state index contributed by atoms with van der Waals surface area (Å²) in [4.78, 5) is 11.4. The predicted octanol–water partition coefficient (Wildman–Crippen LogP) is 4.42. The van der Waals surface area contributed by atoms with Crippen molar-refractivity contribution in [2.45, 2.75) is 25.7 Å². The Hall–Kier alpha value is -1.61. The van der Waals surface area contributed by atoms with Crippen LogP contribution in [0.4, 0.5) is 5.69 Å². The van der Waals surface area contributed by atoms with E-state index in [-0.39, 0.29) is 0 Å². The highest BCUT2D eigenvalue weighted by atomic mass is 35.5. The summed E-state index contributed by atoms with van der Waals surface area (Å²) in [6.45, 7) is 2.38. The molecule has 1 saturated carbocycles. The van der Waals surface area contributed by atoms with Crippen molar-refractivity contribution >= 4 is 17.3 Å². The van der Waals surface area contributed by atoms with Crippen molar-refractivity contribution < 1.29 is 0 Å². The van der Waals surface area contributed by atoms with Crippen molar-refractivity contribution in [1.82, 2.24) is 9.97 Å². The summed E-state index contributed by atoms with van der Waals surface area (Å²) in [7, 11) is 0. The fourth-order valence-electron chi connectivity index (χ4n) is 3.92. The van der Waals surface area contributed by atoms with Crippen LogP contribution < -0.4 is 4.90 Å². The molecule has 4 heteroatoms. The molecule has 2 unspecified atom stereocenters. The molecule has 2 fully saturated rings. The highest BCUT2D eigenvalue weighted by molar-refractivity contribution is 6.30. The number of nitrogens with zero attached hydrogens (tertiary/aromatic N) is 3. The van der Waals surface area contributed by atoms with Crippen molar-refractivity contribution in [2.75, 3.05) is 18.0 Å². The molecule has 0 spiro atoms. The molecule has 22 heavy (non-hydrogen) atoms. The lowest BCUT2D eigenvalue weighted by Gasteiger charge is -2.22. The second kappa shape index (κ2) is 5.88. The fraction of sp³-hybridized carbons (Fsp3) is 0.444. The smallest absolute Gasteiger partial charge is 0.0907 e. The zero-order chi connectivity index (χ0) is 14.9. The first-order valence-electron chi connectivity index (χ1n) is 8.12. The number of halogens is 1. The van der Waals surface area contributed by atoms with E-state index in [1.165, 1.54) is 44.5 Å². The van der Waals surface area contributed by atoms with Gasteiger partial charge in [0.15, 0.2) is 0 Å². The minimum Gasteiger partial charge on any atom is -0.371 e. The summed E-state index contributed by atoms with van der Waals surface area (Å²) >= 11 is 6.07. The molecule has 0 bridgehead atoms. The average Bonchev–Trinajstić information content (AvgIpc) is 2.99. The molecule has 0 aromatic carbocycles. The van der Waals surface area contributed by atoms with Gasteiger partial charge in [0.25, 0.3) is 0 Å². The molecule has 2 aromatic rings. The van der Waals surface area contributed by atoms with Crippen molar-refractivity contribution in [3.05, 3.63) is 41.7 Å². The normalized spacial score (nSPS) is 24.3. The zero-order valence-electron chi connectivity index (χ0n) is 12.6. The summed E-state index contributed by atoms with van der Waals surface area (Å²) in [5.41, 5.74) is 3.00. The first-order valence-corrected chi connectivity index (χ1v) is 8.50. The van der Waals surface area contributed by atoms with Crippen molar-refractivity contribution in [2.24, 2.45) is 11.8 Å². The maximum absolute atomic E-state index is 6.07. The maximum atomic E-state index is 6.07. The molecule has 0 N–H and O–H groups in total. The maximum Gasteiger partial charge on any atom is 0.0907 e. The van der Waals surface area contributed by atoms with Crippen LogP contribution in [0.2, 0.25) is 5.02 Å². The van der Waals surface area contributed by atoms with E-state index in [0.29, 0.717) is 5.02 Å². The summed E-state index contributed by atoms with van der Waals surface area (Å²) in [6, 6.07) is 7.93. The number of fused-ring (bicyclic) bond motifs is 1. The Balaban J connectivity index is 1.60. The number of aromatic nitrogens is 2. The van der Waals surface area contributed by atoms with Crippen LogP contribution in [-0.4, -0.2) is 23.1 Å². The van der Waals surface area contributed by atoms with Gasteiger partial charge in [-0.15, -0.1) is 0 Å². The van der Waals surface area contributed by atoms with Crippen LogP contribution in [0.3, 0.4) is 0 Å². The monoisotopic (exact) mass is 313 g/mol.